The normalized spacial score (nSPS) is 13.5. The zero-order valence-corrected chi connectivity index (χ0v) is 16.4. The first-order valence-electron chi connectivity index (χ1n) is 8.75. The van der Waals surface area contributed by atoms with Crippen molar-refractivity contribution in [1.29, 1.82) is 0 Å². The summed E-state index contributed by atoms with van der Waals surface area (Å²) in [4.78, 5) is 10.9. The molecule has 1 atom stereocenters. The summed E-state index contributed by atoms with van der Waals surface area (Å²) in [6.07, 6.45) is -2.12. The van der Waals surface area contributed by atoms with E-state index in [0.717, 1.165) is 24.7 Å². The molecule has 1 N–H and O–H groups in total. The fourth-order valence-electron chi connectivity index (χ4n) is 2.20. The van der Waals surface area contributed by atoms with Crippen LogP contribution in [0, 0.1) is 0 Å². The van der Waals surface area contributed by atoms with Gasteiger partial charge in [-0.15, -0.1) is 0 Å². The minimum atomic E-state index is -4.14. The molecule has 3 nitrogen and oxygen atoms in total. The quantitative estimate of drug-likeness (QED) is 0.314. The monoisotopic (exact) mass is 391 g/mol. The molecule has 1 rings (SSSR count). The molecule has 0 saturated carbocycles. The van der Waals surface area contributed by atoms with Crippen LogP contribution < -0.4 is 9.46 Å². The maximum atomic E-state index is 12.1. The highest BCUT2D eigenvalue weighted by molar-refractivity contribution is 7.98. The molecule has 0 amide bonds. The van der Waals surface area contributed by atoms with Gasteiger partial charge in [-0.05, 0) is 57.7 Å². The van der Waals surface area contributed by atoms with Crippen molar-refractivity contribution in [2.75, 3.05) is 6.61 Å². The van der Waals surface area contributed by atoms with Gasteiger partial charge in [0.15, 0.2) is 0 Å². The summed E-state index contributed by atoms with van der Waals surface area (Å²) in [5.41, 5.74) is 1.04. The topological polar surface area (TPSA) is 38.3 Å². The Bertz CT molecular complexity index is 544. The molecule has 0 unspecified atom stereocenters. The third-order valence-corrected chi connectivity index (χ3v) is 4.53. The number of carbonyl (C=O) groups is 1. The zero-order valence-electron chi connectivity index (χ0n) is 15.6. The molecule has 0 spiro atoms. The Balaban J connectivity index is 2.46. The van der Waals surface area contributed by atoms with Gasteiger partial charge in [0.2, 0.25) is 0 Å². The Kier molecular flexibility index (Phi) is 9.50. The van der Waals surface area contributed by atoms with E-state index in [1.807, 2.05) is 18.2 Å². The summed E-state index contributed by atoms with van der Waals surface area (Å²) in [5, 5.41) is 0. The van der Waals surface area contributed by atoms with Gasteiger partial charge in [-0.3, -0.25) is 4.72 Å². The Morgan fingerprint density at radius 2 is 2.00 bits per heavy atom. The number of nitrogens with one attached hydrogen (secondary N) is 1. The summed E-state index contributed by atoms with van der Waals surface area (Å²) in [7, 11) is 0. The number of halogens is 3. The van der Waals surface area contributed by atoms with Crippen molar-refractivity contribution in [1.82, 2.24) is 4.72 Å². The van der Waals surface area contributed by atoms with Crippen LogP contribution >= 0.6 is 11.9 Å². The van der Waals surface area contributed by atoms with Crippen LogP contribution in [0.3, 0.4) is 0 Å². The van der Waals surface area contributed by atoms with E-state index >= 15 is 0 Å². The molecule has 148 valence electrons. The van der Waals surface area contributed by atoms with E-state index in [1.165, 1.54) is 0 Å². The fraction of sp³-hybridized carbons (Fsp3) is 0.632. The second kappa shape index (κ2) is 10.8. The second-order valence-electron chi connectivity index (χ2n) is 7.18. The van der Waals surface area contributed by atoms with E-state index in [0.29, 0.717) is 12.2 Å². The highest BCUT2D eigenvalue weighted by Crippen LogP contribution is 2.23. The highest BCUT2D eigenvalue weighted by atomic mass is 32.2. The lowest BCUT2D eigenvalue weighted by Gasteiger charge is -2.23. The molecule has 0 bridgehead atoms. The minimum Gasteiger partial charge on any atom is -0.494 e. The molecular weight excluding hydrogens is 363 g/mol. The predicted molar refractivity (Wildman–Crippen MR) is 100 cm³/mol. The maximum absolute atomic E-state index is 12.1. The third kappa shape index (κ3) is 11.4. The van der Waals surface area contributed by atoms with Gasteiger partial charge < -0.3 is 9.53 Å². The first-order chi connectivity index (χ1) is 12.1. The molecule has 0 aromatic heterocycles. The number of ether oxygens (including phenoxy) is 1. The Morgan fingerprint density at radius 1 is 1.27 bits per heavy atom. The number of hydrogen-bond donors (Lipinski definition) is 1. The lowest BCUT2D eigenvalue weighted by atomic mass is 10.0. The number of hydrogen-bond acceptors (Lipinski definition) is 4. The van der Waals surface area contributed by atoms with Crippen molar-refractivity contribution in [3.8, 4) is 5.75 Å². The summed E-state index contributed by atoms with van der Waals surface area (Å²) < 4.78 is 45.2. The molecule has 0 aliphatic carbocycles. The lowest BCUT2D eigenvalue weighted by molar-refractivity contribution is -0.136. The van der Waals surface area contributed by atoms with Gasteiger partial charge >= 0.3 is 6.18 Å². The van der Waals surface area contributed by atoms with E-state index in [9.17, 15) is 18.0 Å². The SMILES string of the molecule is CC(C)(C)SN[C@H](CC=O)CCc1cccc(OCCCC(F)(F)F)c1. The molecule has 0 fully saturated rings. The average molecular weight is 391 g/mol. The predicted octanol–water partition coefficient (Wildman–Crippen LogP) is 5.33. The van der Waals surface area contributed by atoms with Crippen LogP contribution in [0.5, 0.6) is 5.75 Å². The van der Waals surface area contributed by atoms with E-state index in [-0.39, 0.29) is 23.8 Å². The summed E-state index contributed by atoms with van der Waals surface area (Å²) >= 11 is 1.61. The van der Waals surface area contributed by atoms with E-state index < -0.39 is 12.6 Å². The van der Waals surface area contributed by atoms with Gasteiger partial charge in [-0.1, -0.05) is 24.1 Å². The highest BCUT2D eigenvalue weighted by Gasteiger charge is 2.26. The first-order valence-corrected chi connectivity index (χ1v) is 9.56. The lowest BCUT2D eigenvalue weighted by Crippen LogP contribution is -2.28. The van der Waals surface area contributed by atoms with Crippen molar-refractivity contribution in [3.05, 3.63) is 29.8 Å². The van der Waals surface area contributed by atoms with Crippen LogP contribution in [0.1, 0.15) is 52.0 Å². The summed E-state index contributed by atoms with van der Waals surface area (Å²) in [5.74, 6) is 0.577. The fourth-order valence-corrected chi connectivity index (χ4v) is 2.93. The molecular formula is C19H28F3NO2S. The van der Waals surface area contributed by atoms with E-state index in [1.54, 1.807) is 18.0 Å². The van der Waals surface area contributed by atoms with Crippen molar-refractivity contribution in [3.63, 3.8) is 0 Å². The number of alkyl halides is 3. The molecule has 0 heterocycles. The smallest absolute Gasteiger partial charge is 0.389 e. The van der Waals surface area contributed by atoms with Gasteiger partial charge in [-0.2, -0.15) is 13.2 Å². The van der Waals surface area contributed by atoms with Crippen LogP contribution in [0.15, 0.2) is 24.3 Å². The largest absolute Gasteiger partial charge is 0.494 e. The molecule has 0 saturated heterocycles. The maximum Gasteiger partial charge on any atom is 0.389 e. The Morgan fingerprint density at radius 3 is 2.62 bits per heavy atom. The Labute approximate surface area is 158 Å². The number of benzene rings is 1. The van der Waals surface area contributed by atoms with Gasteiger partial charge in [0, 0.05) is 23.6 Å². The van der Waals surface area contributed by atoms with Gasteiger partial charge in [-0.25, -0.2) is 0 Å². The van der Waals surface area contributed by atoms with E-state index in [2.05, 4.69) is 25.5 Å². The molecule has 1 aromatic carbocycles. The zero-order chi connectivity index (χ0) is 19.6. The molecule has 26 heavy (non-hydrogen) atoms. The van der Waals surface area contributed by atoms with Gasteiger partial charge in [0.05, 0.1) is 6.61 Å². The number of rotatable bonds is 11. The average Bonchev–Trinajstić information content (AvgIpc) is 2.53. The van der Waals surface area contributed by atoms with Crippen molar-refractivity contribution in [2.24, 2.45) is 0 Å². The number of aldehydes is 1. The molecule has 7 heteroatoms. The molecule has 0 aliphatic rings. The van der Waals surface area contributed by atoms with Crippen LogP contribution in [0.2, 0.25) is 0 Å². The summed E-state index contributed by atoms with van der Waals surface area (Å²) in [6.45, 7) is 6.34. The standard InChI is InChI=1S/C19H28F3NO2S/c1-18(2,3)26-23-16(10-12-24)9-8-15-6-4-7-17(14-15)25-13-5-11-19(20,21)22/h4,6-7,12,14,16,23H,5,8-11,13H2,1-3H3/t16-/m0/s1. The summed E-state index contributed by atoms with van der Waals surface area (Å²) in [6, 6.07) is 7.46. The van der Waals surface area contributed by atoms with Crippen LogP contribution in [-0.4, -0.2) is 29.9 Å². The van der Waals surface area contributed by atoms with E-state index in [4.69, 9.17) is 4.74 Å². The second-order valence-corrected chi connectivity index (χ2v) is 8.85. The third-order valence-electron chi connectivity index (χ3n) is 3.47. The molecule has 1 aromatic rings. The van der Waals surface area contributed by atoms with Crippen molar-refractivity contribution in [2.45, 2.75) is 69.8 Å². The van der Waals surface area contributed by atoms with Crippen LogP contribution in [0.4, 0.5) is 13.2 Å². The minimum absolute atomic E-state index is 0.0422. The van der Waals surface area contributed by atoms with Gasteiger partial charge in [0.1, 0.15) is 12.0 Å². The van der Waals surface area contributed by atoms with Crippen LogP contribution in [-0.2, 0) is 11.2 Å². The number of carbonyl (C=O) groups excluding carboxylic acids is 1. The number of aryl methyl sites for hydroxylation is 1. The Hall–Kier alpha value is -1.21. The first kappa shape index (κ1) is 22.8. The van der Waals surface area contributed by atoms with Crippen LogP contribution in [0.25, 0.3) is 0 Å². The molecule has 0 aliphatic heterocycles. The van der Waals surface area contributed by atoms with Gasteiger partial charge in [0.25, 0.3) is 0 Å². The van der Waals surface area contributed by atoms with Crippen molar-refractivity contribution >= 4 is 18.2 Å². The van der Waals surface area contributed by atoms with Crippen molar-refractivity contribution < 1.29 is 22.7 Å². The molecule has 0 radical (unpaired) electrons.